The molecule has 1 saturated carbocycles. The van der Waals surface area contributed by atoms with E-state index in [2.05, 4.69) is 23.7 Å². The molecule has 1 aromatic rings. The average Bonchev–Trinajstić information content (AvgIpc) is 3.07. The van der Waals surface area contributed by atoms with Crippen molar-refractivity contribution in [3.63, 3.8) is 0 Å². The molecule has 1 aliphatic carbocycles. The van der Waals surface area contributed by atoms with Crippen LogP contribution in [0.1, 0.15) is 38.3 Å². The first-order chi connectivity index (χ1) is 15.0. The minimum atomic E-state index is -0.394. The Bertz CT molecular complexity index is 880. The van der Waals surface area contributed by atoms with Gasteiger partial charge in [-0.1, -0.05) is 13.8 Å². The van der Waals surface area contributed by atoms with Crippen LogP contribution in [0.25, 0.3) is 0 Å². The van der Waals surface area contributed by atoms with Crippen LogP contribution >= 0.6 is 0 Å². The molecule has 166 valence electrons. The van der Waals surface area contributed by atoms with Gasteiger partial charge in [-0.05, 0) is 42.4 Å². The van der Waals surface area contributed by atoms with Gasteiger partial charge in [0.15, 0.2) is 11.5 Å². The van der Waals surface area contributed by atoms with Crippen LogP contribution in [0.2, 0.25) is 0 Å². The number of hydrogen-bond acceptors (Lipinski definition) is 6. The Balaban J connectivity index is 1.46. The maximum absolute atomic E-state index is 13.7. The van der Waals surface area contributed by atoms with Gasteiger partial charge in [-0.25, -0.2) is 0 Å². The third-order valence-corrected chi connectivity index (χ3v) is 7.59. The summed E-state index contributed by atoms with van der Waals surface area (Å²) in [6.07, 6.45) is 4.92. The summed E-state index contributed by atoms with van der Waals surface area (Å²) < 4.78 is 11.8. The van der Waals surface area contributed by atoms with Gasteiger partial charge in [0.25, 0.3) is 5.91 Å². The number of Topliss-reactive ketones (excluding diaryl/α,β-unsaturated/α-hetero) is 1. The molecule has 5 rings (SSSR count). The van der Waals surface area contributed by atoms with Crippen molar-refractivity contribution in [2.24, 2.45) is 17.8 Å². The molecule has 3 aliphatic heterocycles. The largest absolute Gasteiger partial charge is 0.483 e. The minimum absolute atomic E-state index is 0.106. The molecule has 7 nitrogen and oxygen atoms in total. The number of carbonyl (C=O) groups excluding carboxylic acids is 2. The van der Waals surface area contributed by atoms with E-state index >= 15 is 0 Å². The fourth-order valence-electron chi connectivity index (χ4n) is 5.51. The molecule has 0 bridgehead atoms. The molecule has 0 radical (unpaired) electrons. The molecule has 1 saturated heterocycles. The van der Waals surface area contributed by atoms with E-state index in [4.69, 9.17) is 9.47 Å². The second kappa shape index (κ2) is 8.36. The highest BCUT2D eigenvalue weighted by molar-refractivity contribution is 6.11. The summed E-state index contributed by atoms with van der Waals surface area (Å²) in [6.45, 7) is 8.91. The molecule has 1 amide bonds. The van der Waals surface area contributed by atoms with E-state index in [9.17, 15) is 9.59 Å². The van der Waals surface area contributed by atoms with E-state index in [1.165, 1.54) is 0 Å². The summed E-state index contributed by atoms with van der Waals surface area (Å²) in [5.74, 6) is 1.06. The number of fused-ring (bicyclic) bond motifs is 1. The fraction of sp³-hybridized carbons (Fsp3) is 0.625. The number of carbonyl (C=O) groups is 2. The van der Waals surface area contributed by atoms with Gasteiger partial charge >= 0.3 is 0 Å². The van der Waals surface area contributed by atoms with Crippen LogP contribution in [-0.4, -0.2) is 72.0 Å². The number of pyridine rings is 1. The van der Waals surface area contributed by atoms with Gasteiger partial charge in [-0.15, -0.1) is 0 Å². The van der Waals surface area contributed by atoms with Crippen molar-refractivity contribution in [3.8, 4) is 0 Å². The van der Waals surface area contributed by atoms with Gasteiger partial charge in [0.05, 0.1) is 30.7 Å². The quantitative estimate of drug-likeness (QED) is 0.737. The molecule has 4 heterocycles. The standard InChI is InChI=1S/C24H31N3O4/c1-15-13-18-19(14-16(15)2)31-23-20(22(18)28)21(17-3-5-25-6-4-17)27(24(23)29)8-7-26-9-11-30-12-10-26/h3-6,15-16,18-19,21H,7-14H2,1-2H3. The van der Waals surface area contributed by atoms with Gasteiger partial charge in [0.2, 0.25) is 0 Å². The van der Waals surface area contributed by atoms with Gasteiger partial charge in [0, 0.05) is 38.6 Å². The number of ketones is 1. The molecule has 1 aromatic heterocycles. The number of morpholine rings is 1. The van der Waals surface area contributed by atoms with Crippen LogP contribution in [0.3, 0.4) is 0 Å². The maximum Gasteiger partial charge on any atom is 0.290 e. The zero-order valence-electron chi connectivity index (χ0n) is 18.3. The van der Waals surface area contributed by atoms with Crippen LogP contribution in [0, 0.1) is 17.8 Å². The summed E-state index contributed by atoms with van der Waals surface area (Å²) >= 11 is 0. The molecule has 7 heteroatoms. The lowest BCUT2D eigenvalue weighted by molar-refractivity contribution is -0.137. The number of nitrogens with zero attached hydrogens (tertiary/aromatic N) is 3. The van der Waals surface area contributed by atoms with E-state index in [1.807, 2.05) is 17.0 Å². The van der Waals surface area contributed by atoms with Crippen molar-refractivity contribution in [2.45, 2.75) is 38.8 Å². The first kappa shape index (κ1) is 20.6. The third-order valence-electron chi connectivity index (χ3n) is 7.59. The predicted molar refractivity (Wildman–Crippen MR) is 114 cm³/mol. The second-order valence-electron chi connectivity index (χ2n) is 9.43. The Hall–Kier alpha value is -2.25. The Morgan fingerprint density at radius 2 is 1.74 bits per heavy atom. The summed E-state index contributed by atoms with van der Waals surface area (Å²) in [6, 6.07) is 3.41. The Morgan fingerprint density at radius 1 is 1.03 bits per heavy atom. The summed E-state index contributed by atoms with van der Waals surface area (Å²) in [5.41, 5.74) is 1.48. The van der Waals surface area contributed by atoms with Gasteiger partial charge in [0.1, 0.15) is 6.10 Å². The lowest BCUT2D eigenvalue weighted by Gasteiger charge is -2.40. The average molecular weight is 426 g/mol. The molecule has 0 N–H and O–H groups in total. The highest BCUT2D eigenvalue weighted by Gasteiger charge is 2.53. The Labute approximate surface area is 183 Å². The lowest BCUT2D eigenvalue weighted by atomic mass is 9.70. The van der Waals surface area contributed by atoms with Crippen molar-refractivity contribution in [1.82, 2.24) is 14.8 Å². The molecule has 0 spiro atoms. The van der Waals surface area contributed by atoms with Crippen molar-refractivity contribution < 1.29 is 19.1 Å². The molecule has 31 heavy (non-hydrogen) atoms. The summed E-state index contributed by atoms with van der Waals surface area (Å²) in [5, 5.41) is 0. The minimum Gasteiger partial charge on any atom is -0.483 e. The molecular formula is C24H31N3O4. The molecule has 5 atom stereocenters. The van der Waals surface area contributed by atoms with Crippen molar-refractivity contribution >= 4 is 11.7 Å². The number of rotatable bonds is 4. The zero-order chi connectivity index (χ0) is 21.5. The monoisotopic (exact) mass is 425 g/mol. The van der Waals surface area contributed by atoms with Crippen LogP contribution in [0.4, 0.5) is 0 Å². The van der Waals surface area contributed by atoms with Crippen molar-refractivity contribution in [2.75, 3.05) is 39.4 Å². The maximum atomic E-state index is 13.7. The predicted octanol–water partition coefficient (Wildman–Crippen LogP) is 2.20. The first-order valence-electron chi connectivity index (χ1n) is 11.5. The van der Waals surface area contributed by atoms with E-state index < -0.39 is 6.04 Å². The van der Waals surface area contributed by atoms with Gasteiger partial charge in [-0.3, -0.25) is 19.5 Å². The highest BCUT2D eigenvalue weighted by Crippen LogP contribution is 2.48. The topological polar surface area (TPSA) is 72.0 Å². The van der Waals surface area contributed by atoms with E-state index in [0.29, 0.717) is 24.0 Å². The first-order valence-corrected chi connectivity index (χ1v) is 11.5. The molecule has 5 unspecified atom stereocenters. The SMILES string of the molecule is CC1CC2OC3=C(C(=O)C2CC1C)C(c1ccncc1)N(CCN1CCOCC1)C3=O. The smallest absolute Gasteiger partial charge is 0.290 e. The van der Waals surface area contributed by atoms with Gasteiger partial charge < -0.3 is 14.4 Å². The lowest BCUT2D eigenvalue weighted by Crippen LogP contribution is -2.43. The van der Waals surface area contributed by atoms with Crippen LogP contribution in [0.15, 0.2) is 35.9 Å². The van der Waals surface area contributed by atoms with Crippen molar-refractivity contribution in [1.29, 1.82) is 0 Å². The van der Waals surface area contributed by atoms with Crippen LogP contribution in [0.5, 0.6) is 0 Å². The second-order valence-corrected chi connectivity index (χ2v) is 9.43. The highest BCUT2D eigenvalue weighted by atomic mass is 16.5. The molecule has 2 fully saturated rings. The zero-order valence-corrected chi connectivity index (χ0v) is 18.3. The van der Waals surface area contributed by atoms with Gasteiger partial charge in [-0.2, -0.15) is 0 Å². The summed E-state index contributed by atoms with van der Waals surface area (Å²) in [7, 11) is 0. The molecular weight excluding hydrogens is 394 g/mol. The fourth-order valence-corrected chi connectivity index (χ4v) is 5.51. The number of aromatic nitrogens is 1. The summed E-state index contributed by atoms with van der Waals surface area (Å²) in [4.78, 5) is 35.5. The van der Waals surface area contributed by atoms with E-state index in [-0.39, 0.29) is 29.5 Å². The number of hydrogen-bond donors (Lipinski definition) is 0. The third kappa shape index (κ3) is 3.68. The molecule has 4 aliphatic rings. The Kier molecular flexibility index (Phi) is 5.56. The van der Waals surface area contributed by atoms with Crippen LogP contribution < -0.4 is 0 Å². The number of ether oxygens (including phenoxy) is 2. The van der Waals surface area contributed by atoms with E-state index in [1.54, 1.807) is 12.4 Å². The van der Waals surface area contributed by atoms with Crippen LogP contribution in [-0.2, 0) is 19.1 Å². The Morgan fingerprint density at radius 3 is 2.48 bits per heavy atom. The molecule has 0 aromatic carbocycles. The normalized spacial score (nSPS) is 33.9. The van der Waals surface area contributed by atoms with Crippen molar-refractivity contribution in [3.05, 3.63) is 41.4 Å². The van der Waals surface area contributed by atoms with E-state index in [0.717, 1.165) is 51.3 Å². The number of amides is 1.